The topological polar surface area (TPSA) is 41.1 Å². The molecule has 2 bridgehead atoms. The highest BCUT2D eigenvalue weighted by Gasteiger charge is 2.38. The fourth-order valence-corrected chi connectivity index (χ4v) is 4.91. The van der Waals surface area contributed by atoms with Gasteiger partial charge in [-0.25, -0.2) is 22.1 Å². The summed E-state index contributed by atoms with van der Waals surface area (Å²) in [5.74, 6) is -2.78. The molecule has 2 unspecified atom stereocenters. The van der Waals surface area contributed by atoms with Crippen molar-refractivity contribution in [2.75, 3.05) is 0 Å². The van der Waals surface area contributed by atoms with Gasteiger partial charge in [0, 0.05) is 24.2 Å². The Morgan fingerprint density at radius 3 is 2.27 bits per heavy atom. The zero-order chi connectivity index (χ0) is 19.1. The smallest absolute Gasteiger partial charge is 0.161 e. The van der Waals surface area contributed by atoms with Crippen LogP contribution in [0.1, 0.15) is 52.0 Å². The second-order valence-electron chi connectivity index (χ2n) is 8.54. The van der Waals surface area contributed by atoms with E-state index in [2.05, 4.69) is 10.0 Å². The summed E-state index contributed by atoms with van der Waals surface area (Å²) in [7, 11) is -1.32. The third kappa shape index (κ3) is 4.49. The number of halogens is 3. The Balaban J connectivity index is 1.83. The van der Waals surface area contributed by atoms with E-state index in [1.165, 1.54) is 0 Å². The van der Waals surface area contributed by atoms with Crippen molar-refractivity contribution in [3.8, 4) is 0 Å². The van der Waals surface area contributed by atoms with Crippen molar-refractivity contribution >= 4 is 11.0 Å². The van der Waals surface area contributed by atoms with Crippen molar-refractivity contribution in [3.63, 3.8) is 0 Å². The minimum Gasteiger partial charge on any atom is -0.311 e. The van der Waals surface area contributed by atoms with Crippen molar-refractivity contribution in [2.24, 2.45) is 5.92 Å². The van der Waals surface area contributed by atoms with Gasteiger partial charge in [0.2, 0.25) is 0 Å². The van der Waals surface area contributed by atoms with E-state index in [1.54, 1.807) is 0 Å². The summed E-state index contributed by atoms with van der Waals surface area (Å²) in [6, 6.07) is 2.13. The van der Waals surface area contributed by atoms with E-state index in [0.717, 1.165) is 31.7 Å². The van der Waals surface area contributed by atoms with Crippen LogP contribution in [0.15, 0.2) is 12.1 Å². The molecule has 0 saturated carbocycles. The van der Waals surface area contributed by atoms with E-state index >= 15 is 0 Å². The molecule has 2 heterocycles. The minimum atomic E-state index is -1.32. The zero-order valence-corrected chi connectivity index (χ0v) is 16.3. The first-order valence-electron chi connectivity index (χ1n) is 9.21. The first kappa shape index (κ1) is 19.8. The Morgan fingerprint density at radius 1 is 1.12 bits per heavy atom. The van der Waals surface area contributed by atoms with Gasteiger partial charge in [-0.15, -0.1) is 0 Å². The Kier molecular flexibility index (Phi) is 5.80. The molecular formula is C19H27F3N2OS. The lowest BCUT2D eigenvalue weighted by molar-refractivity contribution is 0.249. The standard InChI is InChI=1S/C19H27F3N2OS/c1-19(2,3)26(25)24-18(12-6-13-4-5-14(7-12)23-13)9-11-8-16(21)17(22)10-15(11)20/h8,10,12-14,18,23-24H,4-7,9H2,1-3H3/t12?,13-,14+,18-,26?/m1/s1. The van der Waals surface area contributed by atoms with Crippen LogP contribution in [0.25, 0.3) is 0 Å². The van der Waals surface area contributed by atoms with Crippen molar-refractivity contribution in [2.45, 2.75) is 75.7 Å². The van der Waals surface area contributed by atoms with Gasteiger partial charge in [0.15, 0.2) is 11.6 Å². The molecule has 1 aromatic rings. The highest BCUT2D eigenvalue weighted by Crippen LogP contribution is 2.34. The summed E-state index contributed by atoms with van der Waals surface area (Å²) >= 11 is 0. The molecule has 0 spiro atoms. The van der Waals surface area contributed by atoms with Gasteiger partial charge in [-0.2, -0.15) is 0 Å². The summed E-state index contributed by atoms with van der Waals surface area (Å²) in [5, 5.41) is 3.56. The summed E-state index contributed by atoms with van der Waals surface area (Å²) in [6.45, 7) is 5.62. The van der Waals surface area contributed by atoms with Crippen molar-refractivity contribution in [1.82, 2.24) is 10.0 Å². The number of hydrogen-bond donors (Lipinski definition) is 2. The first-order valence-corrected chi connectivity index (χ1v) is 10.4. The molecule has 0 aromatic heterocycles. The predicted molar refractivity (Wildman–Crippen MR) is 97.5 cm³/mol. The zero-order valence-electron chi connectivity index (χ0n) is 15.5. The normalized spacial score (nSPS) is 28.2. The van der Waals surface area contributed by atoms with Crippen LogP contribution in [0.3, 0.4) is 0 Å². The van der Waals surface area contributed by atoms with Crippen LogP contribution in [0.4, 0.5) is 13.2 Å². The van der Waals surface area contributed by atoms with Gasteiger partial charge >= 0.3 is 0 Å². The van der Waals surface area contributed by atoms with Gasteiger partial charge in [0.25, 0.3) is 0 Å². The number of nitrogens with one attached hydrogen (secondary N) is 2. The summed E-state index contributed by atoms with van der Waals surface area (Å²) in [5.41, 5.74) is 0.123. The summed E-state index contributed by atoms with van der Waals surface area (Å²) in [6.07, 6.45) is 4.27. The lowest BCUT2D eigenvalue weighted by atomic mass is 9.83. The molecule has 2 saturated heterocycles. The molecule has 0 amide bonds. The summed E-state index contributed by atoms with van der Waals surface area (Å²) in [4.78, 5) is 0. The molecule has 3 nitrogen and oxygen atoms in total. The molecule has 26 heavy (non-hydrogen) atoms. The Bertz CT molecular complexity index is 680. The SMILES string of the molecule is CC(C)(C)S(=O)N[C@H](Cc1cc(F)c(F)cc1F)C1C[C@H]2CC[C@@H](C1)N2. The van der Waals surface area contributed by atoms with Gasteiger partial charge in [-0.3, -0.25) is 0 Å². The molecule has 0 radical (unpaired) electrons. The van der Waals surface area contributed by atoms with Gasteiger partial charge in [-0.1, -0.05) is 0 Å². The number of benzene rings is 1. The quantitative estimate of drug-likeness (QED) is 0.757. The van der Waals surface area contributed by atoms with Gasteiger partial charge in [-0.05, 0) is 70.4 Å². The van der Waals surface area contributed by atoms with Gasteiger partial charge < -0.3 is 5.32 Å². The average Bonchev–Trinajstić information content (AvgIpc) is 2.88. The Labute approximate surface area is 155 Å². The highest BCUT2D eigenvalue weighted by atomic mass is 32.2. The number of piperidine rings is 1. The highest BCUT2D eigenvalue weighted by molar-refractivity contribution is 7.84. The number of rotatable bonds is 5. The third-order valence-electron chi connectivity index (χ3n) is 5.42. The molecule has 7 heteroatoms. The molecule has 146 valence electrons. The van der Waals surface area contributed by atoms with Crippen molar-refractivity contribution < 1.29 is 17.4 Å². The fraction of sp³-hybridized carbons (Fsp3) is 0.684. The van der Waals surface area contributed by atoms with Crippen molar-refractivity contribution in [1.29, 1.82) is 0 Å². The molecule has 2 fully saturated rings. The van der Waals surface area contributed by atoms with Crippen LogP contribution in [-0.2, 0) is 17.4 Å². The molecule has 5 atom stereocenters. The van der Waals surface area contributed by atoms with Crippen LogP contribution in [0.2, 0.25) is 0 Å². The molecule has 2 N–H and O–H groups in total. The minimum absolute atomic E-state index is 0.123. The number of hydrogen-bond acceptors (Lipinski definition) is 2. The lowest BCUT2D eigenvalue weighted by Gasteiger charge is -2.36. The molecule has 3 rings (SSSR count). The fourth-order valence-electron chi connectivity index (χ4n) is 4.01. The second kappa shape index (κ2) is 7.60. The van der Waals surface area contributed by atoms with Crippen LogP contribution in [-0.4, -0.2) is 27.1 Å². The van der Waals surface area contributed by atoms with Crippen LogP contribution < -0.4 is 10.0 Å². The van der Waals surface area contributed by atoms with Gasteiger partial charge in [0.05, 0.1) is 15.7 Å². The van der Waals surface area contributed by atoms with E-state index in [4.69, 9.17) is 0 Å². The van der Waals surface area contributed by atoms with Crippen molar-refractivity contribution in [3.05, 3.63) is 35.1 Å². The first-order chi connectivity index (χ1) is 12.1. The third-order valence-corrected chi connectivity index (χ3v) is 7.05. The van der Waals surface area contributed by atoms with E-state index in [-0.39, 0.29) is 23.9 Å². The molecule has 0 aliphatic carbocycles. The van der Waals surface area contributed by atoms with Crippen LogP contribution in [0, 0.1) is 23.4 Å². The number of fused-ring (bicyclic) bond motifs is 2. The van der Waals surface area contributed by atoms with Crippen LogP contribution in [0.5, 0.6) is 0 Å². The summed E-state index contributed by atoms with van der Waals surface area (Å²) < 4.78 is 56.4. The van der Waals surface area contributed by atoms with E-state index in [9.17, 15) is 17.4 Å². The lowest BCUT2D eigenvalue weighted by Crippen LogP contribution is -2.50. The average molecular weight is 388 g/mol. The second-order valence-corrected chi connectivity index (χ2v) is 10.5. The maximum Gasteiger partial charge on any atom is 0.161 e. The molecule has 1 aromatic carbocycles. The molecule has 2 aliphatic heterocycles. The monoisotopic (exact) mass is 388 g/mol. The molecule has 2 aliphatic rings. The van der Waals surface area contributed by atoms with Gasteiger partial charge in [0.1, 0.15) is 5.82 Å². The maximum atomic E-state index is 14.2. The predicted octanol–water partition coefficient (Wildman–Crippen LogP) is 3.60. The van der Waals surface area contributed by atoms with E-state index < -0.39 is 33.2 Å². The Morgan fingerprint density at radius 2 is 1.69 bits per heavy atom. The largest absolute Gasteiger partial charge is 0.311 e. The van der Waals surface area contributed by atoms with E-state index in [0.29, 0.717) is 18.2 Å². The Hall–Kier alpha value is -0.920. The molecular weight excluding hydrogens is 361 g/mol. The van der Waals surface area contributed by atoms with E-state index in [1.807, 2.05) is 20.8 Å². The maximum absolute atomic E-state index is 14.2. The van der Waals surface area contributed by atoms with Crippen LogP contribution >= 0.6 is 0 Å².